The van der Waals surface area contributed by atoms with Crippen LogP contribution in [0, 0.1) is 10.6 Å². The van der Waals surface area contributed by atoms with Crippen molar-refractivity contribution >= 4 is 18.0 Å². The molecular weight excluding hydrogens is 253 g/mol. The zero-order chi connectivity index (χ0) is 12.7. The van der Waals surface area contributed by atoms with E-state index in [1.54, 1.807) is 30.1 Å². The molecule has 0 bridgehead atoms. The van der Waals surface area contributed by atoms with E-state index in [0.717, 1.165) is 5.56 Å². The number of aryl methyl sites for hydroxylation is 1. The zero-order valence-electron chi connectivity index (χ0n) is 9.41. The summed E-state index contributed by atoms with van der Waals surface area (Å²) in [5.74, 6) is 0.605. The van der Waals surface area contributed by atoms with Crippen molar-refractivity contribution < 1.29 is 4.39 Å². The van der Waals surface area contributed by atoms with Gasteiger partial charge in [0.05, 0.1) is 0 Å². The van der Waals surface area contributed by atoms with Crippen molar-refractivity contribution in [3.8, 4) is 11.4 Å². The quantitative estimate of drug-likeness (QED) is 0.629. The number of nitrogens with zero attached hydrogens (tertiary/aromatic N) is 5. The summed E-state index contributed by atoms with van der Waals surface area (Å²) in [6.07, 6.45) is 1.58. The van der Waals surface area contributed by atoms with E-state index < -0.39 is 0 Å². The molecule has 0 aliphatic carbocycles. The van der Waals surface area contributed by atoms with Crippen LogP contribution in [0.3, 0.4) is 0 Å². The molecule has 18 heavy (non-hydrogen) atoms. The van der Waals surface area contributed by atoms with Crippen LogP contribution in [0.1, 0.15) is 0 Å². The molecule has 0 N–H and O–H groups in total. The largest absolute Gasteiger partial charge is 0.311 e. The van der Waals surface area contributed by atoms with Gasteiger partial charge in [-0.1, -0.05) is 0 Å². The Bertz CT molecular complexity index is 774. The van der Waals surface area contributed by atoms with Crippen LogP contribution in [-0.2, 0) is 7.05 Å². The minimum atomic E-state index is -0.295. The van der Waals surface area contributed by atoms with Gasteiger partial charge in [-0.3, -0.25) is 0 Å². The fraction of sp³-hybridized carbons (Fsp3) is 0.0909. The third kappa shape index (κ3) is 1.68. The normalized spacial score (nSPS) is 11.0. The molecule has 0 unspecified atom stereocenters. The Morgan fingerprint density at radius 3 is 2.67 bits per heavy atom. The maximum atomic E-state index is 12.8. The number of hydrogen-bond donors (Lipinski definition) is 0. The van der Waals surface area contributed by atoms with Crippen LogP contribution in [0.2, 0.25) is 0 Å². The lowest BCUT2D eigenvalue weighted by molar-refractivity contribution is 0.628. The topological polar surface area (TPSA) is 48.0 Å². The van der Waals surface area contributed by atoms with Crippen molar-refractivity contribution in [1.82, 2.24) is 24.1 Å². The number of halogens is 1. The van der Waals surface area contributed by atoms with Crippen molar-refractivity contribution in [3.05, 3.63) is 41.2 Å². The molecule has 0 radical (unpaired) electrons. The van der Waals surface area contributed by atoms with E-state index in [9.17, 15) is 4.39 Å². The summed E-state index contributed by atoms with van der Waals surface area (Å²) in [7, 11) is 1.79. The molecule has 3 rings (SSSR count). The molecule has 7 heteroatoms. The average molecular weight is 261 g/mol. The molecule has 90 valence electrons. The van der Waals surface area contributed by atoms with E-state index in [2.05, 4.69) is 15.1 Å². The molecule has 1 aromatic carbocycles. The maximum Gasteiger partial charge on any atom is 0.256 e. The van der Waals surface area contributed by atoms with E-state index in [1.165, 1.54) is 16.6 Å². The summed E-state index contributed by atoms with van der Waals surface area (Å²) >= 11 is 5.20. The van der Waals surface area contributed by atoms with E-state index in [4.69, 9.17) is 12.2 Å². The van der Waals surface area contributed by atoms with Gasteiger partial charge < -0.3 is 4.57 Å². The SMILES string of the molecule is Cn1cnc2nc(-c3ccc(F)cc3)nn2c1=S. The summed E-state index contributed by atoms with van der Waals surface area (Å²) in [5.41, 5.74) is 0.721. The predicted octanol–water partition coefficient (Wildman–Crippen LogP) is 2.00. The molecule has 0 fully saturated rings. The molecule has 0 amide bonds. The minimum Gasteiger partial charge on any atom is -0.311 e. The first-order valence-electron chi connectivity index (χ1n) is 5.19. The third-order valence-corrected chi connectivity index (χ3v) is 2.98. The van der Waals surface area contributed by atoms with Gasteiger partial charge in [0.1, 0.15) is 12.1 Å². The zero-order valence-corrected chi connectivity index (χ0v) is 10.2. The van der Waals surface area contributed by atoms with E-state index >= 15 is 0 Å². The number of aromatic nitrogens is 5. The molecule has 0 atom stereocenters. The van der Waals surface area contributed by atoms with Crippen LogP contribution in [0.4, 0.5) is 4.39 Å². The fourth-order valence-electron chi connectivity index (χ4n) is 1.57. The van der Waals surface area contributed by atoms with Crippen LogP contribution in [0.5, 0.6) is 0 Å². The van der Waals surface area contributed by atoms with Crippen LogP contribution in [0.15, 0.2) is 30.6 Å². The monoisotopic (exact) mass is 261 g/mol. The molecule has 5 nitrogen and oxygen atoms in total. The molecule has 0 aliphatic rings. The second-order valence-corrected chi connectivity index (χ2v) is 4.16. The van der Waals surface area contributed by atoms with Crippen LogP contribution in [-0.4, -0.2) is 24.1 Å². The van der Waals surface area contributed by atoms with Crippen molar-refractivity contribution in [3.63, 3.8) is 0 Å². The van der Waals surface area contributed by atoms with Crippen LogP contribution in [0.25, 0.3) is 17.2 Å². The second-order valence-electron chi connectivity index (χ2n) is 3.79. The highest BCUT2D eigenvalue weighted by Gasteiger charge is 2.08. The van der Waals surface area contributed by atoms with Crippen molar-refractivity contribution in [1.29, 1.82) is 0 Å². The molecule has 2 aromatic heterocycles. The van der Waals surface area contributed by atoms with Gasteiger partial charge in [-0.2, -0.15) is 9.50 Å². The Morgan fingerprint density at radius 1 is 1.22 bits per heavy atom. The van der Waals surface area contributed by atoms with Crippen molar-refractivity contribution in [2.75, 3.05) is 0 Å². The fourth-order valence-corrected chi connectivity index (χ4v) is 1.74. The highest BCUT2D eigenvalue weighted by Crippen LogP contribution is 2.15. The number of benzene rings is 1. The van der Waals surface area contributed by atoms with Gasteiger partial charge >= 0.3 is 0 Å². The Morgan fingerprint density at radius 2 is 1.94 bits per heavy atom. The van der Waals surface area contributed by atoms with Gasteiger partial charge in [0.15, 0.2) is 5.82 Å². The first-order valence-corrected chi connectivity index (χ1v) is 5.60. The molecule has 0 aliphatic heterocycles. The second kappa shape index (κ2) is 3.95. The molecule has 0 saturated heterocycles. The lowest BCUT2D eigenvalue weighted by atomic mass is 10.2. The van der Waals surface area contributed by atoms with Crippen molar-refractivity contribution in [2.45, 2.75) is 0 Å². The summed E-state index contributed by atoms with van der Waals surface area (Å²) in [4.78, 5) is 8.37. The maximum absolute atomic E-state index is 12.8. The van der Waals surface area contributed by atoms with Gasteiger partial charge in [-0.05, 0) is 36.5 Å². The molecule has 0 saturated carbocycles. The van der Waals surface area contributed by atoms with Gasteiger partial charge in [-0.15, -0.1) is 5.10 Å². The molecule has 0 spiro atoms. The average Bonchev–Trinajstić information content (AvgIpc) is 2.80. The van der Waals surface area contributed by atoms with E-state index in [1.807, 2.05) is 0 Å². The van der Waals surface area contributed by atoms with Gasteiger partial charge in [-0.25, -0.2) is 9.37 Å². The summed E-state index contributed by atoms with van der Waals surface area (Å²) in [6.45, 7) is 0. The summed E-state index contributed by atoms with van der Waals surface area (Å²) < 4.78 is 16.5. The highest BCUT2D eigenvalue weighted by atomic mass is 32.1. The lowest BCUT2D eigenvalue weighted by Gasteiger charge is -1.96. The number of fused-ring (bicyclic) bond motifs is 1. The Kier molecular flexibility index (Phi) is 2.41. The van der Waals surface area contributed by atoms with Gasteiger partial charge in [0, 0.05) is 12.6 Å². The summed E-state index contributed by atoms with van der Waals surface area (Å²) in [6, 6.07) is 5.96. The standard InChI is InChI=1S/C11H8FN5S/c1-16-6-13-10-14-9(15-17(10)11(16)18)7-2-4-8(12)5-3-7/h2-6H,1H3. The van der Waals surface area contributed by atoms with E-state index in [-0.39, 0.29) is 5.82 Å². The first kappa shape index (κ1) is 11.0. The lowest BCUT2D eigenvalue weighted by Crippen LogP contribution is -2.02. The smallest absolute Gasteiger partial charge is 0.256 e. The highest BCUT2D eigenvalue weighted by molar-refractivity contribution is 7.71. The number of rotatable bonds is 1. The molecular formula is C11H8FN5S. The Balaban J connectivity index is 2.22. The molecule has 3 aromatic rings. The summed E-state index contributed by atoms with van der Waals surface area (Å²) in [5, 5.41) is 4.27. The van der Waals surface area contributed by atoms with Crippen LogP contribution >= 0.6 is 12.2 Å². The first-order chi connectivity index (χ1) is 8.65. The minimum absolute atomic E-state index is 0.295. The van der Waals surface area contributed by atoms with E-state index in [0.29, 0.717) is 16.4 Å². The third-order valence-electron chi connectivity index (χ3n) is 2.52. The van der Waals surface area contributed by atoms with Crippen molar-refractivity contribution in [2.24, 2.45) is 7.05 Å². The predicted molar refractivity (Wildman–Crippen MR) is 66.0 cm³/mol. The van der Waals surface area contributed by atoms with Gasteiger partial charge in [0.25, 0.3) is 5.78 Å². The molecule has 2 heterocycles. The van der Waals surface area contributed by atoms with Crippen LogP contribution < -0.4 is 0 Å². The number of hydrogen-bond acceptors (Lipinski definition) is 4. The van der Waals surface area contributed by atoms with Gasteiger partial charge in [0.2, 0.25) is 4.77 Å². The Hall–Kier alpha value is -2.15. The Labute approximate surface area is 107 Å².